The third-order valence-corrected chi connectivity index (χ3v) is 3.15. The van der Waals surface area contributed by atoms with E-state index in [9.17, 15) is 9.90 Å². The van der Waals surface area contributed by atoms with Crippen molar-refractivity contribution in [1.82, 2.24) is 5.32 Å². The molecule has 0 saturated heterocycles. The summed E-state index contributed by atoms with van der Waals surface area (Å²) in [4.78, 5) is 12.0. The Morgan fingerprint density at radius 3 is 2.83 bits per heavy atom. The Balaban J connectivity index is 2.01. The van der Waals surface area contributed by atoms with E-state index in [2.05, 4.69) is 10.6 Å². The molecule has 0 radical (unpaired) electrons. The number of hydrogen-bond donors (Lipinski definition) is 3. The van der Waals surface area contributed by atoms with Gasteiger partial charge in [0.1, 0.15) is 0 Å². The summed E-state index contributed by atoms with van der Waals surface area (Å²) < 4.78 is 0. The van der Waals surface area contributed by atoms with Crippen molar-refractivity contribution in [3.8, 4) is 0 Å². The molecule has 1 aliphatic rings. The number of amides is 1. The van der Waals surface area contributed by atoms with Gasteiger partial charge < -0.3 is 15.7 Å². The van der Waals surface area contributed by atoms with Crippen molar-refractivity contribution in [2.24, 2.45) is 0 Å². The number of alkyl halides is 1. The zero-order chi connectivity index (χ0) is 13.0. The van der Waals surface area contributed by atoms with Crippen LogP contribution in [0.5, 0.6) is 0 Å². The second-order valence-electron chi connectivity index (χ2n) is 4.48. The van der Waals surface area contributed by atoms with Crippen LogP contribution in [0.1, 0.15) is 23.2 Å². The number of benzene rings is 1. The van der Waals surface area contributed by atoms with E-state index >= 15 is 0 Å². The molecular formula is C13H17ClN2O2. The molecule has 3 N–H and O–H groups in total. The van der Waals surface area contributed by atoms with Crippen LogP contribution in [0.4, 0.5) is 5.69 Å². The van der Waals surface area contributed by atoms with E-state index in [0.717, 1.165) is 18.5 Å². The van der Waals surface area contributed by atoms with Crippen LogP contribution in [-0.4, -0.2) is 35.6 Å². The van der Waals surface area contributed by atoms with Crippen LogP contribution in [-0.2, 0) is 0 Å². The zero-order valence-electron chi connectivity index (χ0n) is 10.0. The summed E-state index contributed by atoms with van der Waals surface area (Å²) in [5, 5.41) is 15.4. The topological polar surface area (TPSA) is 61.4 Å². The van der Waals surface area contributed by atoms with Gasteiger partial charge in [-0.05, 0) is 25.0 Å². The molecule has 1 aromatic rings. The predicted octanol–water partition coefficient (Wildman–Crippen LogP) is 1.59. The third kappa shape index (κ3) is 3.62. The van der Waals surface area contributed by atoms with Crippen molar-refractivity contribution < 1.29 is 9.90 Å². The molecular weight excluding hydrogens is 252 g/mol. The highest BCUT2D eigenvalue weighted by Crippen LogP contribution is 2.21. The van der Waals surface area contributed by atoms with E-state index in [0.29, 0.717) is 18.2 Å². The molecule has 0 aliphatic heterocycles. The van der Waals surface area contributed by atoms with Crippen LogP contribution < -0.4 is 10.6 Å². The molecule has 4 nitrogen and oxygen atoms in total. The largest absolute Gasteiger partial charge is 0.390 e. The highest BCUT2D eigenvalue weighted by molar-refractivity contribution is 6.18. The van der Waals surface area contributed by atoms with Crippen molar-refractivity contribution in [3.63, 3.8) is 0 Å². The van der Waals surface area contributed by atoms with Gasteiger partial charge in [0.15, 0.2) is 0 Å². The van der Waals surface area contributed by atoms with Gasteiger partial charge in [-0.25, -0.2) is 0 Å². The van der Waals surface area contributed by atoms with E-state index in [-0.39, 0.29) is 11.8 Å². The van der Waals surface area contributed by atoms with Gasteiger partial charge in [-0.1, -0.05) is 12.1 Å². The van der Waals surface area contributed by atoms with E-state index in [1.54, 1.807) is 6.07 Å². The van der Waals surface area contributed by atoms with Crippen molar-refractivity contribution in [2.75, 3.05) is 17.7 Å². The molecule has 0 aromatic heterocycles. The van der Waals surface area contributed by atoms with Gasteiger partial charge in [0.25, 0.3) is 5.91 Å². The van der Waals surface area contributed by atoms with Crippen molar-refractivity contribution in [1.29, 1.82) is 0 Å². The van der Waals surface area contributed by atoms with Gasteiger partial charge in [-0.2, -0.15) is 0 Å². The predicted molar refractivity (Wildman–Crippen MR) is 72.1 cm³/mol. The molecule has 1 aromatic carbocycles. The van der Waals surface area contributed by atoms with Crippen molar-refractivity contribution in [3.05, 3.63) is 29.8 Å². The van der Waals surface area contributed by atoms with Crippen LogP contribution in [0.3, 0.4) is 0 Å². The summed E-state index contributed by atoms with van der Waals surface area (Å²) in [5.41, 5.74) is 1.32. The molecule has 1 aliphatic carbocycles. The number of anilines is 1. The maximum Gasteiger partial charge on any atom is 0.253 e. The molecule has 1 amide bonds. The van der Waals surface area contributed by atoms with E-state index < -0.39 is 6.10 Å². The van der Waals surface area contributed by atoms with Gasteiger partial charge >= 0.3 is 0 Å². The first-order chi connectivity index (χ1) is 8.70. The molecule has 98 valence electrons. The van der Waals surface area contributed by atoms with E-state index in [4.69, 9.17) is 11.6 Å². The summed E-state index contributed by atoms with van der Waals surface area (Å²) in [6.45, 7) is 0.331. The smallest absolute Gasteiger partial charge is 0.253 e. The molecule has 2 rings (SSSR count). The Kier molecular flexibility index (Phi) is 4.44. The number of para-hydroxylation sites is 1. The molecule has 0 spiro atoms. The van der Waals surface area contributed by atoms with Crippen molar-refractivity contribution in [2.45, 2.75) is 25.0 Å². The summed E-state index contributed by atoms with van der Waals surface area (Å²) in [6.07, 6.45) is 1.50. The average molecular weight is 269 g/mol. The molecule has 1 fully saturated rings. The number of carbonyl (C=O) groups is 1. The van der Waals surface area contributed by atoms with Gasteiger partial charge in [0.05, 0.1) is 17.5 Å². The number of halogens is 1. The number of hydrogen-bond acceptors (Lipinski definition) is 3. The fourth-order valence-electron chi connectivity index (χ4n) is 1.61. The minimum atomic E-state index is -0.619. The quantitative estimate of drug-likeness (QED) is 0.687. The van der Waals surface area contributed by atoms with Gasteiger partial charge in [-0.3, -0.25) is 4.79 Å². The Hall–Kier alpha value is -1.26. The number of aliphatic hydroxyl groups excluding tert-OH is 1. The SMILES string of the molecule is O=C(NC1CC1)c1ccccc1NCC(O)CCl. The normalized spacial score (nSPS) is 16.1. The lowest BCUT2D eigenvalue weighted by Gasteiger charge is -2.13. The summed E-state index contributed by atoms with van der Waals surface area (Å²) in [7, 11) is 0. The second kappa shape index (κ2) is 6.07. The first-order valence-corrected chi connectivity index (χ1v) is 6.62. The number of nitrogens with one attached hydrogen (secondary N) is 2. The maximum atomic E-state index is 12.0. The number of carbonyl (C=O) groups excluding carboxylic acids is 1. The van der Waals surface area contributed by atoms with Crippen LogP contribution in [0.25, 0.3) is 0 Å². The lowest BCUT2D eigenvalue weighted by molar-refractivity contribution is 0.0951. The Bertz CT molecular complexity index is 421. The average Bonchev–Trinajstić information content (AvgIpc) is 3.20. The molecule has 0 bridgehead atoms. The van der Waals surface area contributed by atoms with Gasteiger partial charge in [-0.15, -0.1) is 11.6 Å². The summed E-state index contributed by atoms with van der Waals surface area (Å²) in [6, 6.07) is 7.60. The van der Waals surface area contributed by atoms with Crippen LogP contribution in [0, 0.1) is 0 Å². The van der Waals surface area contributed by atoms with Crippen LogP contribution >= 0.6 is 11.6 Å². The minimum absolute atomic E-state index is 0.0686. The zero-order valence-corrected chi connectivity index (χ0v) is 10.8. The van der Waals surface area contributed by atoms with Crippen LogP contribution in [0.15, 0.2) is 24.3 Å². The fourth-order valence-corrected chi connectivity index (χ4v) is 1.72. The standard InChI is InChI=1S/C13H17ClN2O2/c14-7-10(17)8-15-12-4-2-1-3-11(12)13(18)16-9-5-6-9/h1-4,9-10,15,17H,5-8H2,(H,16,18). The number of rotatable bonds is 6. The van der Waals surface area contributed by atoms with Gasteiger partial charge in [0.2, 0.25) is 0 Å². The van der Waals surface area contributed by atoms with Crippen LogP contribution in [0.2, 0.25) is 0 Å². The molecule has 5 heteroatoms. The summed E-state index contributed by atoms with van der Waals surface area (Å²) in [5.74, 6) is 0.102. The first kappa shape index (κ1) is 13.2. The number of aliphatic hydroxyl groups is 1. The first-order valence-electron chi connectivity index (χ1n) is 6.08. The highest BCUT2D eigenvalue weighted by atomic mass is 35.5. The molecule has 18 heavy (non-hydrogen) atoms. The third-order valence-electron chi connectivity index (χ3n) is 2.79. The molecule has 1 saturated carbocycles. The fraction of sp³-hybridized carbons (Fsp3) is 0.462. The maximum absolute atomic E-state index is 12.0. The monoisotopic (exact) mass is 268 g/mol. The van der Waals surface area contributed by atoms with E-state index in [1.165, 1.54) is 0 Å². The summed E-state index contributed by atoms with van der Waals surface area (Å²) >= 11 is 5.53. The Morgan fingerprint density at radius 1 is 1.44 bits per heavy atom. The second-order valence-corrected chi connectivity index (χ2v) is 4.79. The molecule has 1 atom stereocenters. The molecule has 1 unspecified atom stereocenters. The lowest BCUT2D eigenvalue weighted by atomic mass is 10.1. The highest BCUT2D eigenvalue weighted by Gasteiger charge is 2.24. The van der Waals surface area contributed by atoms with Crippen molar-refractivity contribution >= 4 is 23.2 Å². The van der Waals surface area contributed by atoms with Gasteiger partial charge in [0, 0.05) is 18.3 Å². The Labute approximate surface area is 111 Å². The minimum Gasteiger partial charge on any atom is -0.390 e. The molecule has 0 heterocycles. The lowest BCUT2D eigenvalue weighted by Crippen LogP contribution is -2.27. The Morgan fingerprint density at radius 2 is 2.17 bits per heavy atom. The van der Waals surface area contributed by atoms with E-state index in [1.807, 2.05) is 18.2 Å².